The lowest BCUT2D eigenvalue weighted by atomic mass is 10.1. The normalized spacial score (nSPS) is 11.0. The summed E-state index contributed by atoms with van der Waals surface area (Å²) in [5.41, 5.74) is 2.49. The first kappa shape index (κ1) is 23.7. The Morgan fingerprint density at radius 2 is 1.80 bits per heavy atom. The molecule has 0 aliphatic carbocycles. The van der Waals surface area contributed by atoms with E-state index in [4.69, 9.17) is 0 Å². The molecule has 1 aromatic carbocycles. The number of unbranched alkanes of at least 4 members (excludes halogenated alkanes) is 1. The van der Waals surface area contributed by atoms with Crippen LogP contribution in [0.4, 0.5) is 0 Å². The molecule has 0 atom stereocenters. The molecule has 8 heteroatoms. The molecule has 0 aliphatic rings. The van der Waals surface area contributed by atoms with Crippen LogP contribution in [0.3, 0.4) is 0 Å². The summed E-state index contributed by atoms with van der Waals surface area (Å²) in [5.74, 6) is 0.774. The molecule has 0 amide bonds. The third kappa shape index (κ3) is 7.33. The van der Waals surface area contributed by atoms with Gasteiger partial charge in [-0.1, -0.05) is 30.3 Å². The molecule has 2 N–H and O–H groups in total. The Hall–Kier alpha value is -2.62. The highest BCUT2D eigenvalue weighted by atomic mass is 127. The third-order valence-corrected chi connectivity index (χ3v) is 4.70. The van der Waals surface area contributed by atoms with Crippen LogP contribution in [-0.4, -0.2) is 33.9 Å². The minimum Gasteiger partial charge on any atom is -0.356 e. The maximum Gasteiger partial charge on any atom is 0.250 e. The van der Waals surface area contributed by atoms with E-state index in [1.54, 1.807) is 29.9 Å². The van der Waals surface area contributed by atoms with Crippen molar-refractivity contribution in [3.63, 3.8) is 0 Å². The fourth-order valence-electron chi connectivity index (χ4n) is 3.11. The number of nitrogens with zero attached hydrogens (tertiary/aromatic N) is 4. The van der Waals surface area contributed by atoms with Crippen LogP contribution >= 0.6 is 24.0 Å². The van der Waals surface area contributed by atoms with Gasteiger partial charge in [-0.15, -0.1) is 24.0 Å². The Bertz CT molecular complexity index is 968. The standard InChI is InChI=1S/C22H28N6O.HI/c1-23-22(24-12-5-7-15-27-14-6-4-11-21(27)29)25-17-19-9-2-3-10-20(19)18-28-16-8-13-26-28;/h2-4,6,8-11,13-14,16H,5,7,12,15,17-18H2,1H3,(H2,23,24,25);1H. The Morgan fingerprint density at radius 1 is 1.00 bits per heavy atom. The first-order chi connectivity index (χ1) is 14.3. The van der Waals surface area contributed by atoms with E-state index in [2.05, 4.69) is 32.9 Å². The molecule has 0 radical (unpaired) electrons. The van der Waals surface area contributed by atoms with E-state index in [1.165, 1.54) is 11.1 Å². The van der Waals surface area contributed by atoms with Gasteiger partial charge in [-0.25, -0.2) is 0 Å². The number of benzene rings is 1. The summed E-state index contributed by atoms with van der Waals surface area (Å²) in [4.78, 5) is 16.0. The van der Waals surface area contributed by atoms with Crippen molar-refractivity contribution in [3.05, 3.63) is 88.6 Å². The molecular weight excluding hydrogens is 491 g/mol. The number of nitrogens with one attached hydrogen (secondary N) is 2. The van der Waals surface area contributed by atoms with Crippen LogP contribution in [0, 0.1) is 0 Å². The van der Waals surface area contributed by atoms with Gasteiger partial charge < -0.3 is 15.2 Å². The Labute approximate surface area is 194 Å². The molecule has 0 unspecified atom stereocenters. The third-order valence-electron chi connectivity index (χ3n) is 4.70. The van der Waals surface area contributed by atoms with Gasteiger partial charge in [0.15, 0.2) is 5.96 Å². The van der Waals surface area contributed by atoms with Crippen LogP contribution < -0.4 is 16.2 Å². The van der Waals surface area contributed by atoms with Crippen molar-refractivity contribution < 1.29 is 0 Å². The maximum absolute atomic E-state index is 11.7. The molecule has 7 nitrogen and oxygen atoms in total. The molecule has 0 aliphatic heterocycles. The summed E-state index contributed by atoms with van der Waals surface area (Å²) >= 11 is 0. The zero-order valence-electron chi connectivity index (χ0n) is 17.2. The summed E-state index contributed by atoms with van der Waals surface area (Å²) in [6.07, 6.45) is 7.48. The van der Waals surface area contributed by atoms with Gasteiger partial charge in [0.2, 0.25) is 5.56 Å². The largest absolute Gasteiger partial charge is 0.356 e. The highest BCUT2D eigenvalue weighted by Gasteiger charge is 2.04. The van der Waals surface area contributed by atoms with Crippen molar-refractivity contribution in [3.8, 4) is 0 Å². The topological polar surface area (TPSA) is 76.2 Å². The SMILES string of the molecule is CN=C(NCCCCn1ccccc1=O)NCc1ccccc1Cn1cccn1.I. The van der Waals surface area contributed by atoms with Crippen molar-refractivity contribution in [2.75, 3.05) is 13.6 Å². The van der Waals surface area contributed by atoms with E-state index in [-0.39, 0.29) is 29.5 Å². The van der Waals surface area contributed by atoms with E-state index in [0.29, 0.717) is 6.54 Å². The molecule has 0 saturated heterocycles. The van der Waals surface area contributed by atoms with Crippen molar-refractivity contribution in [1.82, 2.24) is 25.0 Å². The van der Waals surface area contributed by atoms with Gasteiger partial charge in [0.25, 0.3) is 0 Å². The fraction of sp³-hybridized carbons (Fsp3) is 0.318. The van der Waals surface area contributed by atoms with Crippen LogP contribution in [0.2, 0.25) is 0 Å². The van der Waals surface area contributed by atoms with Crippen LogP contribution in [-0.2, 0) is 19.6 Å². The lowest BCUT2D eigenvalue weighted by Crippen LogP contribution is -2.37. The Kier molecular flexibility index (Phi) is 10.1. The van der Waals surface area contributed by atoms with E-state index in [1.807, 2.05) is 41.3 Å². The van der Waals surface area contributed by atoms with Gasteiger partial charge >= 0.3 is 0 Å². The average molecular weight is 520 g/mol. The minimum absolute atomic E-state index is 0. The van der Waals surface area contributed by atoms with Gasteiger partial charge in [0.05, 0.1) is 6.54 Å². The first-order valence-electron chi connectivity index (χ1n) is 9.90. The second-order valence-corrected chi connectivity index (χ2v) is 6.76. The number of aryl methyl sites for hydroxylation is 1. The van der Waals surface area contributed by atoms with Crippen molar-refractivity contribution in [2.45, 2.75) is 32.5 Å². The summed E-state index contributed by atoms with van der Waals surface area (Å²) in [5, 5.41) is 11.0. The summed E-state index contributed by atoms with van der Waals surface area (Å²) in [7, 11) is 1.77. The van der Waals surface area contributed by atoms with Crippen LogP contribution in [0.5, 0.6) is 0 Å². The predicted molar refractivity (Wildman–Crippen MR) is 131 cm³/mol. The second kappa shape index (κ2) is 12.8. The molecule has 3 rings (SSSR count). The molecule has 3 aromatic rings. The lowest BCUT2D eigenvalue weighted by molar-refractivity contribution is 0.585. The highest BCUT2D eigenvalue weighted by Crippen LogP contribution is 2.10. The summed E-state index contributed by atoms with van der Waals surface area (Å²) in [6.45, 7) is 2.97. The average Bonchev–Trinajstić information content (AvgIpc) is 3.25. The molecule has 30 heavy (non-hydrogen) atoms. The Morgan fingerprint density at radius 3 is 2.53 bits per heavy atom. The van der Waals surface area contributed by atoms with Gasteiger partial charge in [0, 0.05) is 51.3 Å². The number of halogens is 1. The number of aliphatic imine (C=N–C) groups is 1. The van der Waals surface area contributed by atoms with Crippen LogP contribution in [0.15, 0.2) is 76.9 Å². The van der Waals surface area contributed by atoms with E-state index >= 15 is 0 Å². The zero-order valence-corrected chi connectivity index (χ0v) is 19.5. The number of aromatic nitrogens is 3. The van der Waals surface area contributed by atoms with Gasteiger partial charge in [-0.2, -0.15) is 5.10 Å². The first-order valence-corrected chi connectivity index (χ1v) is 9.90. The monoisotopic (exact) mass is 520 g/mol. The van der Waals surface area contributed by atoms with Crippen LogP contribution in [0.25, 0.3) is 0 Å². The van der Waals surface area contributed by atoms with Crippen molar-refractivity contribution >= 4 is 29.9 Å². The molecule has 0 saturated carbocycles. The van der Waals surface area contributed by atoms with E-state index < -0.39 is 0 Å². The number of hydrogen-bond acceptors (Lipinski definition) is 3. The zero-order chi connectivity index (χ0) is 20.3. The summed E-state index contributed by atoms with van der Waals surface area (Å²) < 4.78 is 3.66. The van der Waals surface area contributed by atoms with Gasteiger partial charge in [-0.05, 0) is 36.1 Å². The van der Waals surface area contributed by atoms with Crippen molar-refractivity contribution in [2.24, 2.45) is 4.99 Å². The number of hydrogen-bond donors (Lipinski definition) is 2. The highest BCUT2D eigenvalue weighted by molar-refractivity contribution is 14.0. The number of guanidine groups is 1. The molecule has 2 heterocycles. The maximum atomic E-state index is 11.7. The summed E-state index contributed by atoms with van der Waals surface area (Å²) in [6, 6.07) is 15.5. The number of rotatable bonds is 9. The predicted octanol–water partition coefficient (Wildman–Crippen LogP) is 2.86. The molecule has 160 valence electrons. The smallest absolute Gasteiger partial charge is 0.250 e. The molecule has 0 bridgehead atoms. The van der Waals surface area contributed by atoms with Gasteiger partial charge in [0.1, 0.15) is 0 Å². The van der Waals surface area contributed by atoms with Crippen LogP contribution in [0.1, 0.15) is 24.0 Å². The van der Waals surface area contributed by atoms with Gasteiger partial charge in [-0.3, -0.25) is 14.5 Å². The minimum atomic E-state index is 0. The lowest BCUT2D eigenvalue weighted by Gasteiger charge is -2.14. The Balaban J connectivity index is 0.00000320. The molecule has 2 aromatic heterocycles. The van der Waals surface area contributed by atoms with E-state index in [9.17, 15) is 4.79 Å². The van der Waals surface area contributed by atoms with Crippen molar-refractivity contribution in [1.29, 1.82) is 0 Å². The molecule has 0 fully saturated rings. The van der Waals surface area contributed by atoms with E-state index in [0.717, 1.165) is 38.4 Å². The fourth-order valence-corrected chi connectivity index (χ4v) is 3.11. The molecular formula is C22H29IN6O. The molecule has 0 spiro atoms. The number of pyridine rings is 1. The quantitative estimate of drug-likeness (QED) is 0.197. The second-order valence-electron chi connectivity index (χ2n) is 6.76.